The number of esters is 2. The van der Waals surface area contributed by atoms with Crippen LogP contribution in [0.5, 0.6) is 0 Å². The van der Waals surface area contributed by atoms with Gasteiger partial charge in [-0.2, -0.15) is 0 Å². The third kappa shape index (κ3) is 8.98. The zero-order valence-electron chi connectivity index (χ0n) is 12.0. The van der Waals surface area contributed by atoms with Crippen molar-refractivity contribution in [3.8, 4) is 0 Å². The van der Waals surface area contributed by atoms with E-state index in [1.807, 2.05) is 27.7 Å². The van der Waals surface area contributed by atoms with Gasteiger partial charge in [0.15, 0.2) is 0 Å². The van der Waals surface area contributed by atoms with Crippen LogP contribution in [0.2, 0.25) is 0 Å². The van der Waals surface area contributed by atoms with Crippen molar-refractivity contribution in [2.45, 2.75) is 65.7 Å². The first-order valence-electron chi connectivity index (χ1n) is 6.44. The van der Waals surface area contributed by atoms with Crippen molar-refractivity contribution in [3.63, 3.8) is 0 Å². The number of carbonyl (C=O) groups is 2. The van der Waals surface area contributed by atoms with E-state index in [4.69, 9.17) is 4.74 Å². The van der Waals surface area contributed by atoms with Crippen molar-refractivity contribution in [1.29, 1.82) is 0 Å². The minimum absolute atomic E-state index is 0.00454. The lowest BCUT2D eigenvalue weighted by atomic mass is 10.2. The Labute approximate surface area is 109 Å². The molecule has 1 aliphatic heterocycles. The van der Waals surface area contributed by atoms with Gasteiger partial charge in [0, 0.05) is 6.92 Å². The average molecular weight is 259 g/mol. The standard InChI is InChI=1S/C8H15NO2.C5H10O2/c1-6(2)11-8(10)7-4-3-5-9-7;1-4(2)7-5(3)6/h6-7,9H,3-5H2,1-2H3;4H,1-3H3/t7-;/m0./s1. The minimum atomic E-state index is -0.213. The summed E-state index contributed by atoms with van der Waals surface area (Å²) in [5, 5.41) is 3.09. The topological polar surface area (TPSA) is 64.6 Å². The molecule has 0 aliphatic carbocycles. The van der Waals surface area contributed by atoms with E-state index in [0.29, 0.717) is 0 Å². The number of ether oxygens (including phenoxy) is 2. The summed E-state index contributed by atoms with van der Waals surface area (Å²) in [5.74, 6) is -0.312. The maximum atomic E-state index is 11.2. The van der Waals surface area contributed by atoms with E-state index in [0.717, 1.165) is 19.4 Å². The fraction of sp³-hybridized carbons (Fsp3) is 0.846. The summed E-state index contributed by atoms with van der Waals surface area (Å²) in [5.41, 5.74) is 0. The molecule has 106 valence electrons. The number of hydrogen-bond acceptors (Lipinski definition) is 5. The first kappa shape index (κ1) is 16.9. The molecule has 1 rings (SSSR count). The predicted molar refractivity (Wildman–Crippen MR) is 69.2 cm³/mol. The lowest BCUT2D eigenvalue weighted by molar-refractivity contribution is -0.149. The largest absolute Gasteiger partial charge is 0.463 e. The molecule has 1 aliphatic rings. The normalized spacial score (nSPS) is 18.3. The lowest BCUT2D eigenvalue weighted by Crippen LogP contribution is -2.33. The van der Waals surface area contributed by atoms with Crippen LogP contribution in [0, 0.1) is 0 Å². The minimum Gasteiger partial charge on any atom is -0.463 e. The Hall–Kier alpha value is -1.10. The quantitative estimate of drug-likeness (QED) is 0.781. The fourth-order valence-corrected chi connectivity index (χ4v) is 1.53. The monoisotopic (exact) mass is 259 g/mol. The van der Waals surface area contributed by atoms with Gasteiger partial charge in [-0.3, -0.25) is 9.59 Å². The molecule has 5 heteroatoms. The second kappa shape index (κ2) is 8.91. The SMILES string of the molecule is CC(=O)OC(C)C.CC(C)OC(=O)[C@@H]1CCCN1. The number of rotatable bonds is 3. The fourth-order valence-electron chi connectivity index (χ4n) is 1.53. The molecule has 5 nitrogen and oxygen atoms in total. The van der Waals surface area contributed by atoms with Gasteiger partial charge in [0.25, 0.3) is 0 Å². The van der Waals surface area contributed by atoms with E-state index < -0.39 is 0 Å². The van der Waals surface area contributed by atoms with Crippen molar-refractivity contribution >= 4 is 11.9 Å². The molecular formula is C13H25NO4. The Bertz CT molecular complexity index is 258. The number of nitrogens with one attached hydrogen (secondary N) is 1. The summed E-state index contributed by atoms with van der Waals surface area (Å²) in [6.07, 6.45) is 2.03. The molecule has 0 aromatic carbocycles. The van der Waals surface area contributed by atoms with Gasteiger partial charge in [-0.15, -0.1) is 0 Å². The van der Waals surface area contributed by atoms with Crippen LogP contribution in [0.3, 0.4) is 0 Å². The van der Waals surface area contributed by atoms with Crippen LogP contribution in [0.15, 0.2) is 0 Å². The van der Waals surface area contributed by atoms with E-state index in [1.54, 1.807) is 0 Å². The lowest BCUT2D eigenvalue weighted by Gasteiger charge is -2.12. The molecular weight excluding hydrogens is 234 g/mol. The molecule has 1 heterocycles. The number of hydrogen-bond donors (Lipinski definition) is 1. The van der Waals surface area contributed by atoms with Crippen LogP contribution in [-0.4, -0.2) is 36.7 Å². The smallest absolute Gasteiger partial charge is 0.323 e. The zero-order valence-corrected chi connectivity index (χ0v) is 12.0. The highest BCUT2D eigenvalue weighted by Gasteiger charge is 2.23. The molecule has 0 spiro atoms. The van der Waals surface area contributed by atoms with Crippen molar-refractivity contribution in [2.24, 2.45) is 0 Å². The third-order valence-electron chi connectivity index (χ3n) is 2.10. The van der Waals surface area contributed by atoms with Gasteiger partial charge in [0.05, 0.1) is 12.2 Å². The first-order chi connectivity index (χ1) is 8.32. The highest BCUT2D eigenvalue weighted by Crippen LogP contribution is 2.07. The zero-order chi connectivity index (χ0) is 14.1. The Morgan fingerprint density at radius 1 is 1.11 bits per heavy atom. The summed E-state index contributed by atoms with van der Waals surface area (Å²) < 4.78 is 9.64. The van der Waals surface area contributed by atoms with Crippen molar-refractivity contribution in [1.82, 2.24) is 5.32 Å². The summed E-state index contributed by atoms with van der Waals surface area (Å²) >= 11 is 0. The molecule has 1 N–H and O–H groups in total. The molecule has 0 amide bonds. The van der Waals surface area contributed by atoms with Crippen LogP contribution >= 0.6 is 0 Å². The van der Waals surface area contributed by atoms with Gasteiger partial charge in [-0.1, -0.05) is 0 Å². The summed E-state index contributed by atoms with van der Waals surface area (Å²) in [6, 6.07) is -0.0441. The maximum Gasteiger partial charge on any atom is 0.323 e. The van der Waals surface area contributed by atoms with Crippen LogP contribution < -0.4 is 5.32 Å². The van der Waals surface area contributed by atoms with Gasteiger partial charge < -0.3 is 14.8 Å². The van der Waals surface area contributed by atoms with E-state index in [-0.39, 0.29) is 30.2 Å². The number of carbonyl (C=O) groups excluding carboxylic acids is 2. The molecule has 1 saturated heterocycles. The molecule has 18 heavy (non-hydrogen) atoms. The first-order valence-corrected chi connectivity index (χ1v) is 6.44. The molecule has 0 aromatic heterocycles. The van der Waals surface area contributed by atoms with Crippen molar-refractivity contribution < 1.29 is 19.1 Å². The van der Waals surface area contributed by atoms with Crippen molar-refractivity contribution in [2.75, 3.05) is 6.54 Å². The van der Waals surface area contributed by atoms with Gasteiger partial charge in [-0.25, -0.2) is 0 Å². The Balaban J connectivity index is 0.000000360. The van der Waals surface area contributed by atoms with E-state index in [9.17, 15) is 9.59 Å². The Morgan fingerprint density at radius 3 is 1.94 bits per heavy atom. The molecule has 0 radical (unpaired) electrons. The highest BCUT2D eigenvalue weighted by molar-refractivity contribution is 5.76. The van der Waals surface area contributed by atoms with Crippen LogP contribution in [-0.2, 0) is 19.1 Å². The second-order valence-electron chi connectivity index (χ2n) is 4.79. The van der Waals surface area contributed by atoms with Gasteiger partial charge in [0.1, 0.15) is 6.04 Å². The average Bonchev–Trinajstić information content (AvgIpc) is 2.67. The van der Waals surface area contributed by atoms with Crippen LogP contribution in [0.4, 0.5) is 0 Å². The second-order valence-corrected chi connectivity index (χ2v) is 4.79. The van der Waals surface area contributed by atoms with E-state index in [1.165, 1.54) is 6.92 Å². The molecule has 0 aromatic rings. The molecule has 1 fully saturated rings. The van der Waals surface area contributed by atoms with E-state index >= 15 is 0 Å². The summed E-state index contributed by atoms with van der Waals surface area (Å²) in [7, 11) is 0. The molecule has 0 unspecified atom stereocenters. The Kier molecular flexibility index (Phi) is 8.37. The third-order valence-corrected chi connectivity index (χ3v) is 2.10. The van der Waals surface area contributed by atoms with E-state index in [2.05, 4.69) is 10.1 Å². The van der Waals surface area contributed by atoms with Crippen molar-refractivity contribution in [3.05, 3.63) is 0 Å². The van der Waals surface area contributed by atoms with Gasteiger partial charge >= 0.3 is 11.9 Å². The van der Waals surface area contributed by atoms with Crippen LogP contribution in [0.25, 0.3) is 0 Å². The highest BCUT2D eigenvalue weighted by atomic mass is 16.5. The Morgan fingerprint density at radius 2 is 1.67 bits per heavy atom. The summed E-state index contributed by atoms with van der Waals surface area (Å²) in [6.45, 7) is 9.72. The maximum absolute atomic E-state index is 11.2. The predicted octanol–water partition coefficient (Wildman–Crippen LogP) is 1.65. The molecule has 1 atom stereocenters. The molecule has 0 saturated carbocycles. The molecule has 0 bridgehead atoms. The van der Waals surface area contributed by atoms with Gasteiger partial charge in [-0.05, 0) is 47.1 Å². The van der Waals surface area contributed by atoms with Crippen LogP contribution in [0.1, 0.15) is 47.5 Å². The summed E-state index contributed by atoms with van der Waals surface area (Å²) in [4.78, 5) is 21.2. The van der Waals surface area contributed by atoms with Gasteiger partial charge in [0.2, 0.25) is 0 Å².